The first-order chi connectivity index (χ1) is 22.4. The average molecular weight is 574 g/mol. The molecular formula is C40H23N5. The van der Waals surface area contributed by atoms with Crippen molar-refractivity contribution in [1.29, 1.82) is 0 Å². The third kappa shape index (κ3) is 2.45. The molecule has 208 valence electrons. The highest BCUT2D eigenvalue weighted by atomic mass is 15.2. The summed E-state index contributed by atoms with van der Waals surface area (Å²) in [6.07, 6.45) is 11.8. The molecule has 0 bridgehead atoms. The fourth-order valence-electron chi connectivity index (χ4n) is 9.14. The molecule has 0 saturated heterocycles. The minimum absolute atomic E-state index is 0.602. The average Bonchev–Trinajstić information content (AvgIpc) is 3.57. The van der Waals surface area contributed by atoms with Gasteiger partial charge in [0.05, 0.1) is 22.2 Å². The second-order valence-corrected chi connectivity index (χ2v) is 12.3. The lowest BCUT2D eigenvalue weighted by molar-refractivity contribution is 0.688. The zero-order chi connectivity index (χ0) is 29.3. The van der Waals surface area contributed by atoms with Crippen LogP contribution in [-0.2, 0) is 10.8 Å². The van der Waals surface area contributed by atoms with Crippen LogP contribution in [0.5, 0.6) is 0 Å². The van der Waals surface area contributed by atoms with Crippen molar-refractivity contribution in [2.24, 2.45) is 0 Å². The third-order valence-corrected chi connectivity index (χ3v) is 10.6. The van der Waals surface area contributed by atoms with E-state index in [0.29, 0.717) is 0 Å². The molecule has 0 N–H and O–H groups in total. The minimum atomic E-state index is -0.637. The summed E-state index contributed by atoms with van der Waals surface area (Å²) in [4.78, 5) is 22.0. The molecule has 5 heterocycles. The SMILES string of the molecule is c1ccc2c(c1)-c1ccccc1C21c2cnccc2N2c3ncncc3C3(c4ccccc4-c4ccccc43)c3cncc1c32. The van der Waals surface area contributed by atoms with Crippen molar-refractivity contribution in [3.05, 3.63) is 185 Å². The maximum atomic E-state index is 5.12. The van der Waals surface area contributed by atoms with Crippen molar-refractivity contribution in [2.75, 3.05) is 4.90 Å². The Bertz CT molecular complexity index is 2170. The van der Waals surface area contributed by atoms with Gasteiger partial charge in [-0.2, -0.15) is 0 Å². The fraction of sp³-hybridized carbons (Fsp3) is 0.0500. The molecule has 0 unspecified atom stereocenters. The zero-order valence-corrected chi connectivity index (χ0v) is 24.0. The van der Waals surface area contributed by atoms with Gasteiger partial charge in [-0.15, -0.1) is 0 Å². The molecule has 0 saturated carbocycles. The second kappa shape index (κ2) is 7.96. The topological polar surface area (TPSA) is 54.8 Å². The van der Waals surface area contributed by atoms with E-state index in [1.54, 1.807) is 6.33 Å². The Morgan fingerprint density at radius 3 is 1.44 bits per heavy atom. The van der Waals surface area contributed by atoms with Crippen molar-refractivity contribution in [1.82, 2.24) is 19.9 Å². The summed E-state index contributed by atoms with van der Waals surface area (Å²) in [5, 5.41) is 0. The Hall–Kier alpha value is -5.94. The maximum absolute atomic E-state index is 5.12. The van der Waals surface area contributed by atoms with Gasteiger partial charge >= 0.3 is 0 Å². The number of aromatic nitrogens is 4. The zero-order valence-electron chi connectivity index (χ0n) is 24.0. The summed E-state index contributed by atoms with van der Waals surface area (Å²) < 4.78 is 0. The normalized spacial score (nSPS) is 15.9. The van der Waals surface area contributed by atoms with Crippen LogP contribution in [0.25, 0.3) is 22.3 Å². The standard InChI is InChI=1S/C40H23N5/c1-5-13-28-24(9-1)25-10-2-6-14-29(25)39(28)32-19-41-18-17-36(32)45-37-33(39)20-42-21-34(37)40(35-22-43-23-44-38(35)45)30-15-7-3-11-26(30)27-12-4-8-16-31(27)40/h1-23H. The van der Waals surface area contributed by atoms with Gasteiger partial charge in [0.15, 0.2) is 0 Å². The van der Waals surface area contributed by atoms with E-state index in [4.69, 9.17) is 15.0 Å². The fourth-order valence-corrected chi connectivity index (χ4v) is 9.14. The summed E-state index contributed by atoms with van der Waals surface area (Å²) in [7, 11) is 0. The monoisotopic (exact) mass is 573 g/mol. The first kappa shape index (κ1) is 23.5. The van der Waals surface area contributed by atoms with Crippen LogP contribution < -0.4 is 4.90 Å². The molecule has 0 amide bonds. The molecule has 45 heavy (non-hydrogen) atoms. The Morgan fingerprint density at radius 2 is 0.889 bits per heavy atom. The van der Waals surface area contributed by atoms with Crippen LogP contribution in [0.15, 0.2) is 140 Å². The van der Waals surface area contributed by atoms with Gasteiger partial charge in [-0.25, -0.2) is 9.97 Å². The molecular weight excluding hydrogens is 550 g/mol. The molecule has 2 aliphatic heterocycles. The van der Waals surface area contributed by atoms with Crippen molar-refractivity contribution < 1.29 is 0 Å². The number of rotatable bonds is 0. The first-order valence-electron chi connectivity index (χ1n) is 15.3. The second-order valence-electron chi connectivity index (χ2n) is 12.3. The number of hydrogen-bond donors (Lipinski definition) is 0. The molecule has 0 fully saturated rings. The largest absolute Gasteiger partial charge is 0.293 e. The lowest BCUT2D eigenvalue weighted by atomic mass is 9.60. The molecule has 0 atom stereocenters. The molecule has 3 aromatic heterocycles. The van der Waals surface area contributed by atoms with Gasteiger partial charge in [0.25, 0.3) is 0 Å². The molecule has 4 aliphatic rings. The number of benzene rings is 4. The lowest BCUT2D eigenvalue weighted by Crippen LogP contribution is -2.43. The van der Waals surface area contributed by atoms with E-state index in [0.717, 1.165) is 39.4 Å². The predicted molar refractivity (Wildman–Crippen MR) is 174 cm³/mol. The third-order valence-electron chi connectivity index (χ3n) is 10.6. The molecule has 7 aromatic rings. The summed E-state index contributed by atoms with van der Waals surface area (Å²) in [6.45, 7) is 0. The molecule has 11 rings (SSSR count). The quantitative estimate of drug-likeness (QED) is 0.184. The van der Waals surface area contributed by atoms with Gasteiger partial charge in [-0.05, 0) is 50.6 Å². The molecule has 0 radical (unpaired) electrons. The van der Waals surface area contributed by atoms with Crippen LogP contribution in [-0.4, -0.2) is 19.9 Å². The van der Waals surface area contributed by atoms with Crippen molar-refractivity contribution in [3.8, 4) is 22.3 Å². The molecule has 2 spiro atoms. The van der Waals surface area contributed by atoms with Gasteiger partial charge in [0.1, 0.15) is 12.1 Å². The predicted octanol–water partition coefficient (Wildman–Crippen LogP) is 8.09. The minimum Gasteiger partial charge on any atom is -0.293 e. The number of nitrogens with zero attached hydrogens (tertiary/aromatic N) is 5. The number of pyridine rings is 2. The van der Waals surface area contributed by atoms with E-state index in [-0.39, 0.29) is 0 Å². The maximum Gasteiger partial charge on any atom is 0.145 e. The molecule has 2 aliphatic carbocycles. The van der Waals surface area contributed by atoms with Crippen molar-refractivity contribution in [3.63, 3.8) is 0 Å². The Labute approximate surface area is 259 Å². The van der Waals surface area contributed by atoms with E-state index in [9.17, 15) is 0 Å². The first-order valence-corrected chi connectivity index (χ1v) is 15.3. The Morgan fingerprint density at radius 1 is 0.422 bits per heavy atom. The van der Waals surface area contributed by atoms with Crippen LogP contribution in [0.2, 0.25) is 0 Å². The summed E-state index contributed by atoms with van der Waals surface area (Å²) in [5.41, 5.74) is 15.4. The summed E-state index contributed by atoms with van der Waals surface area (Å²) in [6, 6.07) is 37.4. The summed E-state index contributed by atoms with van der Waals surface area (Å²) >= 11 is 0. The highest BCUT2D eigenvalue weighted by Crippen LogP contribution is 2.69. The van der Waals surface area contributed by atoms with Gasteiger partial charge in [0.2, 0.25) is 0 Å². The molecule has 5 heteroatoms. The Balaban J connectivity index is 1.38. The van der Waals surface area contributed by atoms with Gasteiger partial charge in [-0.3, -0.25) is 14.9 Å². The van der Waals surface area contributed by atoms with E-state index in [1.165, 1.54) is 44.5 Å². The van der Waals surface area contributed by atoms with E-state index >= 15 is 0 Å². The van der Waals surface area contributed by atoms with E-state index in [2.05, 4.69) is 132 Å². The smallest absolute Gasteiger partial charge is 0.145 e. The van der Waals surface area contributed by atoms with Gasteiger partial charge in [-0.1, -0.05) is 97.1 Å². The molecule has 4 aromatic carbocycles. The highest BCUT2D eigenvalue weighted by molar-refractivity contribution is 6.01. The number of hydrogen-bond acceptors (Lipinski definition) is 5. The van der Waals surface area contributed by atoms with Crippen LogP contribution in [0, 0.1) is 0 Å². The van der Waals surface area contributed by atoms with Gasteiger partial charge in [0, 0.05) is 53.2 Å². The van der Waals surface area contributed by atoms with Crippen molar-refractivity contribution in [2.45, 2.75) is 10.8 Å². The van der Waals surface area contributed by atoms with Crippen LogP contribution in [0.3, 0.4) is 0 Å². The Kier molecular flexibility index (Phi) is 4.16. The number of anilines is 3. The van der Waals surface area contributed by atoms with E-state index < -0.39 is 10.8 Å². The van der Waals surface area contributed by atoms with Crippen LogP contribution in [0.4, 0.5) is 17.2 Å². The van der Waals surface area contributed by atoms with Gasteiger partial charge < -0.3 is 0 Å². The number of fused-ring (bicyclic) bond motifs is 18. The lowest BCUT2D eigenvalue weighted by Gasteiger charge is -2.50. The molecule has 5 nitrogen and oxygen atoms in total. The van der Waals surface area contributed by atoms with Crippen LogP contribution >= 0.6 is 0 Å². The highest BCUT2D eigenvalue weighted by Gasteiger charge is 2.59. The van der Waals surface area contributed by atoms with E-state index in [1.807, 2.05) is 12.4 Å². The summed E-state index contributed by atoms with van der Waals surface area (Å²) in [5.74, 6) is 0.887. The van der Waals surface area contributed by atoms with Crippen LogP contribution in [0.1, 0.15) is 44.5 Å². The van der Waals surface area contributed by atoms with Crippen molar-refractivity contribution >= 4 is 17.2 Å².